The predicted molar refractivity (Wildman–Crippen MR) is 136 cm³/mol. The summed E-state index contributed by atoms with van der Waals surface area (Å²) in [5, 5.41) is 5.58. The van der Waals surface area contributed by atoms with Gasteiger partial charge in [-0.25, -0.2) is 0 Å². The van der Waals surface area contributed by atoms with Gasteiger partial charge in [0.1, 0.15) is 19.1 Å². The number of quaternary nitrogens is 2. The van der Waals surface area contributed by atoms with Crippen molar-refractivity contribution < 1.29 is 29.2 Å². The Labute approximate surface area is 207 Å². The molecule has 0 spiro atoms. The lowest BCUT2D eigenvalue weighted by molar-refractivity contribution is -0.908. The van der Waals surface area contributed by atoms with Crippen molar-refractivity contribution in [3.63, 3.8) is 0 Å². The zero-order chi connectivity index (χ0) is 24.8. The fourth-order valence-corrected chi connectivity index (χ4v) is 5.31. The van der Waals surface area contributed by atoms with Crippen LogP contribution in [0.3, 0.4) is 0 Å². The number of hydrogen-bond donors (Lipinski definition) is 3. The van der Waals surface area contributed by atoms with Gasteiger partial charge in [0.15, 0.2) is 11.5 Å². The second-order valence-corrected chi connectivity index (χ2v) is 9.18. The molecule has 35 heavy (non-hydrogen) atoms. The van der Waals surface area contributed by atoms with Crippen molar-refractivity contribution >= 4 is 5.69 Å². The molecule has 8 heteroatoms. The van der Waals surface area contributed by atoms with Crippen LogP contribution in [-0.4, -0.2) is 67.8 Å². The van der Waals surface area contributed by atoms with Crippen LogP contribution < -0.4 is 35.2 Å². The summed E-state index contributed by atoms with van der Waals surface area (Å²) in [7, 11) is 6.97. The van der Waals surface area contributed by atoms with Gasteiger partial charge in [-0.15, -0.1) is 0 Å². The molecule has 0 aromatic heterocycles. The number of fused-ring (bicyclic) bond motifs is 3. The number of benzene rings is 1. The SMILES string of the molecule is C[NH2+][C@H]1CCc2cc(OC)c(OC)c(OC)c2-c2ccc(NCCC[NH+]3CCOCC3)c(=O)cc21. The van der Waals surface area contributed by atoms with Crippen molar-refractivity contribution in [1.29, 1.82) is 0 Å². The van der Waals surface area contributed by atoms with E-state index in [9.17, 15) is 4.79 Å². The minimum absolute atomic E-state index is 0.0136. The molecule has 0 bridgehead atoms. The summed E-state index contributed by atoms with van der Waals surface area (Å²) >= 11 is 0. The van der Waals surface area contributed by atoms with Crippen LogP contribution in [0.1, 0.15) is 30.0 Å². The fourth-order valence-electron chi connectivity index (χ4n) is 5.31. The van der Waals surface area contributed by atoms with Gasteiger partial charge in [0.25, 0.3) is 0 Å². The minimum Gasteiger partial charge on any atom is -0.493 e. The molecule has 190 valence electrons. The third-order valence-corrected chi connectivity index (χ3v) is 7.21. The Morgan fingerprint density at radius 3 is 2.54 bits per heavy atom. The summed E-state index contributed by atoms with van der Waals surface area (Å²) < 4.78 is 22.6. The number of morpholine rings is 1. The highest BCUT2D eigenvalue weighted by Gasteiger charge is 2.30. The maximum absolute atomic E-state index is 13.3. The minimum atomic E-state index is 0.0136. The standard InChI is InChI=1S/C27H37N3O5/c1-28-21-8-6-18-16-24(32-2)26(33-3)27(34-4)25(18)19-7-9-22(23(31)17-20(19)21)29-10-5-11-30-12-14-35-15-13-30/h7,9,16-17,21,28H,5-6,8,10-15H2,1-4H3,(H,29,31)/p+2/t21-/m0/s1. The van der Waals surface area contributed by atoms with Gasteiger partial charge in [-0.1, -0.05) is 6.07 Å². The maximum atomic E-state index is 13.3. The topological polar surface area (TPSA) is 87.1 Å². The number of nitrogens with one attached hydrogen (secondary N) is 2. The van der Waals surface area contributed by atoms with E-state index in [1.807, 2.05) is 12.1 Å². The lowest BCUT2D eigenvalue weighted by atomic mass is 9.95. The number of hydrogen-bond acceptors (Lipinski definition) is 6. The molecule has 4 rings (SSSR count). The lowest BCUT2D eigenvalue weighted by Crippen LogP contribution is -3.14. The average Bonchev–Trinajstić information content (AvgIpc) is 3.14. The third kappa shape index (κ3) is 5.39. The second kappa shape index (κ2) is 11.7. The first-order chi connectivity index (χ1) is 17.1. The Kier molecular flexibility index (Phi) is 8.49. The zero-order valence-electron chi connectivity index (χ0n) is 21.4. The van der Waals surface area contributed by atoms with E-state index in [-0.39, 0.29) is 11.5 Å². The van der Waals surface area contributed by atoms with Crippen LogP contribution in [0.15, 0.2) is 29.1 Å². The highest BCUT2D eigenvalue weighted by atomic mass is 16.5. The molecule has 2 aliphatic rings. The number of methoxy groups -OCH3 is 3. The first-order valence-corrected chi connectivity index (χ1v) is 12.6. The normalized spacial score (nSPS) is 17.7. The van der Waals surface area contributed by atoms with E-state index >= 15 is 0 Å². The molecule has 2 aromatic carbocycles. The first kappa shape index (κ1) is 25.3. The average molecular weight is 486 g/mol. The highest BCUT2D eigenvalue weighted by Crippen LogP contribution is 2.49. The van der Waals surface area contributed by atoms with Gasteiger partial charge < -0.3 is 34.5 Å². The molecule has 1 aliphatic heterocycles. The number of aryl methyl sites for hydroxylation is 1. The van der Waals surface area contributed by atoms with E-state index < -0.39 is 0 Å². The van der Waals surface area contributed by atoms with E-state index in [2.05, 4.69) is 23.7 Å². The van der Waals surface area contributed by atoms with Crippen molar-refractivity contribution in [1.82, 2.24) is 0 Å². The van der Waals surface area contributed by atoms with E-state index in [4.69, 9.17) is 18.9 Å². The summed E-state index contributed by atoms with van der Waals surface area (Å²) in [5.41, 5.74) is 4.77. The largest absolute Gasteiger partial charge is 0.493 e. The number of nitrogens with two attached hydrogens (primary N) is 1. The van der Waals surface area contributed by atoms with Gasteiger partial charge in [-0.05, 0) is 35.7 Å². The molecule has 1 saturated heterocycles. The molecule has 2 aromatic rings. The highest BCUT2D eigenvalue weighted by molar-refractivity contribution is 5.82. The van der Waals surface area contributed by atoms with Crippen LogP contribution >= 0.6 is 0 Å². The monoisotopic (exact) mass is 485 g/mol. The Bertz CT molecular complexity index is 1090. The van der Waals surface area contributed by atoms with Crippen LogP contribution in [0.4, 0.5) is 5.69 Å². The van der Waals surface area contributed by atoms with E-state index in [1.54, 1.807) is 32.3 Å². The van der Waals surface area contributed by atoms with Crippen molar-refractivity contribution in [2.45, 2.75) is 25.3 Å². The third-order valence-electron chi connectivity index (χ3n) is 7.21. The molecule has 1 fully saturated rings. The van der Waals surface area contributed by atoms with Crippen molar-refractivity contribution in [2.24, 2.45) is 0 Å². The van der Waals surface area contributed by atoms with Gasteiger partial charge in [0.2, 0.25) is 11.2 Å². The Hall–Kier alpha value is -2.81. The molecular weight excluding hydrogens is 446 g/mol. The molecule has 0 saturated carbocycles. The van der Waals surface area contributed by atoms with Gasteiger partial charge in [-0.2, -0.15) is 0 Å². The molecule has 1 aliphatic carbocycles. The van der Waals surface area contributed by atoms with Crippen LogP contribution in [0.2, 0.25) is 0 Å². The quantitative estimate of drug-likeness (QED) is 0.452. The summed E-state index contributed by atoms with van der Waals surface area (Å²) in [6.45, 7) is 5.64. The summed E-state index contributed by atoms with van der Waals surface area (Å²) in [5.74, 6) is 1.86. The Morgan fingerprint density at radius 2 is 1.86 bits per heavy atom. The van der Waals surface area contributed by atoms with Crippen molar-refractivity contribution in [3.05, 3.63) is 45.6 Å². The van der Waals surface area contributed by atoms with E-state index in [1.165, 1.54) is 0 Å². The summed E-state index contributed by atoms with van der Waals surface area (Å²) in [4.78, 5) is 14.8. The predicted octanol–water partition coefficient (Wildman–Crippen LogP) is 0.637. The molecule has 8 nitrogen and oxygen atoms in total. The number of rotatable bonds is 9. The van der Waals surface area contributed by atoms with Crippen molar-refractivity contribution in [3.8, 4) is 28.4 Å². The lowest BCUT2D eigenvalue weighted by Gasteiger charge is -2.23. The van der Waals surface area contributed by atoms with Gasteiger partial charge in [0, 0.05) is 30.5 Å². The van der Waals surface area contributed by atoms with Crippen LogP contribution in [-0.2, 0) is 11.2 Å². The summed E-state index contributed by atoms with van der Waals surface area (Å²) in [6, 6.07) is 7.98. The molecule has 0 radical (unpaired) electrons. The van der Waals surface area contributed by atoms with Gasteiger partial charge in [0.05, 0.1) is 53.8 Å². The fraction of sp³-hybridized carbons (Fsp3) is 0.519. The van der Waals surface area contributed by atoms with Crippen LogP contribution in [0.25, 0.3) is 11.1 Å². The number of anilines is 1. The molecule has 0 unspecified atom stereocenters. The molecule has 1 atom stereocenters. The maximum Gasteiger partial charge on any atom is 0.203 e. The van der Waals surface area contributed by atoms with E-state index in [0.717, 1.165) is 80.9 Å². The van der Waals surface area contributed by atoms with Crippen molar-refractivity contribution in [2.75, 3.05) is 73.1 Å². The van der Waals surface area contributed by atoms with E-state index in [0.29, 0.717) is 22.9 Å². The van der Waals surface area contributed by atoms with Crippen LogP contribution in [0, 0.1) is 0 Å². The molecule has 0 amide bonds. The Morgan fingerprint density at radius 1 is 1.09 bits per heavy atom. The number of ether oxygens (including phenoxy) is 4. The second-order valence-electron chi connectivity index (χ2n) is 9.18. The first-order valence-electron chi connectivity index (χ1n) is 12.6. The smallest absolute Gasteiger partial charge is 0.203 e. The molecule has 1 heterocycles. The molecule has 4 N–H and O–H groups in total. The Balaban J connectivity index is 1.69. The van der Waals surface area contributed by atoms with Gasteiger partial charge >= 0.3 is 0 Å². The molecular formula is C27H39N3O5+2. The van der Waals surface area contributed by atoms with Crippen LogP contribution in [0.5, 0.6) is 17.2 Å². The summed E-state index contributed by atoms with van der Waals surface area (Å²) in [6.07, 6.45) is 2.76. The zero-order valence-corrected chi connectivity index (χ0v) is 21.4. The van der Waals surface area contributed by atoms with Gasteiger partial charge in [-0.3, -0.25) is 4.79 Å².